The fraction of sp³-hybridized carbons (Fsp3) is 0.316. The zero-order valence-electron chi connectivity index (χ0n) is 12.8. The zero-order valence-corrected chi connectivity index (χ0v) is 13.6. The number of aryl methyl sites for hydroxylation is 2. The van der Waals surface area contributed by atoms with Crippen molar-refractivity contribution in [1.29, 1.82) is 0 Å². The van der Waals surface area contributed by atoms with Crippen LogP contribution in [0.15, 0.2) is 58.3 Å². The minimum absolute atomic E-state index is 0. The summed E-state index contributed by atoms with van der Waals surface area (Å²) in [7, 11) is -3.37. The SMILES string of the molecule is C.C.CC(C)=O.Cc1ccc(S(=O)(=O)c2ccc(C)cc2)cc1. The zero-order chi connectivity index (χ0) is 16.0. The Labute approximate surface area is 141 Å². The molecule has 2 aromatic rings. The van der Waals surface area contributed by atoms with Crippen molar-refractivity contribution >= 4 is 15.6 Å². The van der Waals surface area contributed by atoms with E-state index < -0.39 is 9.84 Å². The van der Waals surface area contributed by atoms with Crippen molar-refractivity contribution < 1.29 is 13.2 Å². The number of ketones is 1. The first-order valence-electron chi connectivity index (χ1n) is 6.59. The van der Waals surface area contributed by atoms with Crippen LogP contribution in [0, 0.1) is 13.8 Å². The van der Waals surface area contributed by atoms with Gasteiger partial charge in [-0.1, -0.05) is 50.2 Å². The average molecular weight is 336 g/mol. The standard InChI is InChI=1S/C14H14O2S.C3H6O.2CH4/c1-11-3-7-13(8-4-11)17(15,16)14-9-5-12(2)6-10-14;1-3(2)4;;/h3-10H,1-2H3;1-2H3;2*1H4. The molecule has 4 heteroatoms. The monoisotopic (exact) mass is 336 g/mol. The van der Waals surface area contributed by atoms with Gasteiger partial charge < -0.3 is 4.79 Å². The largest absolute Gasteiger partial charge is 0.300 e. The third-order valence-electron chi connectivity index (χ3n) is 2.66. The molecule has 0 aliphatic heterocycles. The number of carbonyl (C=O) groups excluding carboxylic acids is 1. The topological polar surface area (TPSA) is 51.2 Å². The Hall–Kier alpha value is -1.94. The summed E-state index contributed by atoms with van der Waals surface area (Å²) in [6, 6.07) is 13.8. The van der Waals surface area contributed by atoms with E-state index in [1.807, 2.05) is 13.8 Å². The van der Waals surface area contributed by atoms with Crippen molar-refractivity contribution in [2.24, 2.45) is 0 Å². The molecule has 0 fully saturated rings. The highest BCUT2D eigenvalue weighted by atomic mass is 32.2. The Morgan fingerprint density at radius 3 is 1.13 bits per heavy atom. The van der Waals surface area contributed by atoms with E-state index in [0.717, 1.165) is 11.1 Å². The van der Waals surface area contributed by atoms with E-state index in [1.165, 1.54) is 13.8 Å². The van der Waals surface area contributed by atoms with Crippen molar-refractivity contribution in [3.63, 3.8) is 0 Å². The molecule has 128 valence electrons. The summed E-state index contributed by atoms with van der Waals surface area (Å²) in [5, 5.41) is 0. The van der Waals surface area contributed by atoms with Crippen LogP contribution in [-0.2, 0) is 14.6 Å². The Morgan fingerprint density at radius 2 is 0.913 bits per heavy atom. The lowest BCUT2D eigenvalue weighted by Gasteiger charge is -2.05. The van der Waals surface area contributed by atoms with Gasteiger partial charge in [0, 0.05) is 0 Å². The fourth-order valence-electron chi connectivity index (χ4n) is 1.57. The van der Waals surface area contributed by atoms with Gasteiger partial charge in [-0.15, -0.1) is 0 Å². The molecule has 0 spiro atoms. The maximum Gasteiger partial charge on any atom is 0.206 e. The van der Waals surface area contributed by atoms with Gasteiger partial charge in [-0.3, -0.25) is 0 Å². The number of hydrogen-bond acceptors (Lipinski definition) is 3. The molecule has 0 atom stereocenters. The average Bonchev–Trinajstić information content (AvgIpc) is 2.39. The van der Waals surface area contributed by atoms with E-state index in [4.69, 9.17) is 0 Å². The number of sulfone groups is 1. The Morgan fingerprint density at radius 1 is 0.696 bits per heavy atom. The van der Waals surface area contributed by atoms with Crippen LogP contribution in [0.4, 0.5) is 0 Å². The van der Waals surface area contributed by atoms with Crippen molar-refractivity contribution in [2.45, 2.75) is 52.3 Å². The van der Waals surface area contributed by atoms with Gasteiger partial charge in [0.25, 0.3) is 0 Å². The van der Waals surface area contributed by atoms with Crippen LogP contribution in [0.1, 0.15) is 39.8 Å². The number of Topliss-reactive ketones (excluding diaryl/α,β-unsaturated/α-hetero) is 1. The summed E-state index contributed by atoms with van der Waals surface area (Å²) in [5.41, 5.74) is 2.10. The van der Waals surface area contributed by atoms with Crippen LogP contribution in [0.2, 0.25) is 0 Å². The van der Waals surface area contributed by atoms with Crippen LogP contribution >= 0.6 is 0 Å². The Bertz CT molecular complexity index is 642. The van der Waals surface area contributed by atoms with E-state index in [0.29, 0.717) is 9.79 Å². The Kier molecular flexibility index (Phi) is 10.1. The molecule has 0 saturated carbocycles. The second kappa shape index (κ2) is 9.95. The molecular weight excluding hydrogens is 308 g/mol. The predicted molar refractivity (Wildman–Crippen MR) is 97.6 cm³/mol. The smallest absolute Gasteiger partial charge is 0.206 e. The number of benzene rings is 2. The van der Waals surface area contributed by atoms with Gasteiger partial charge in [-0.05, 0) is 52.0 Å². The lowest BCUT2D eigenvalue weighted by Crippen LogP contribution is -2.01. The summed E-state index contributed by atoms with van der Waals surface area (Å²) in [4.78, 5) is 10.1. The first-order valence-corrected chi connectivity index (χ1v) is 8.07. The normalized spacial score (nSPS) is 9.57. The van der Waals surface area contributed by atoms with Crippen LogP contribution in [-0.4, -0.2) is 14.2 Å². The van der Waals surface area contributed by atoms with Gasteiger partial charge in [0.15, 0.2) is 0 Å². The van der Waals surface area contributed by atoms with E-state index in [2.05, 4.69) is 0 Å². The van der Waals surface area contributed by atoms with Gasteiger partial charge in [-0.25, -0.2) is 8.42 Å². The van der Waals surface area contributed by atoms with Gasteiger partial charge in [0.1, 0.15) is 5.78 Å². The molecule has 0 aliphatic rings. The third kappa shape index (κ3) is 7.24. The summed E-state index contributed by atoms with van der Waals surface area (Å²) in [6.07, 6.45) is 0. The maximum absolute atomic E-state index is 12.3. The van der Waals surface area contributed by atoms with Gasteiger partial charge in [-0.2, -0.15) is 0 Å². The highest BCUT2D eigenvalue weighted by Gasteiger charge is 2.16. The molecule has 3 nitrogen and oxygen atoms in total. The molecule has 0 saturated heterocycles. The molecule has 0 aliphatic carbocycles. The second-order valence-corrected chi connectivity index (χ2v) is 6.99. The molecular formula is C19H28O3S. The van der Waals surface area contributed by atoms with Crippen LogP contribution in [0.3, 0.4) is 0 Å². The number of rotatable bonds is 2. The molecule has 0 N–H and O–H groups in total. The molecule has 0 radical (unpaired) electrons. The predicted octanol–water partition coefficient (Wildman–Crippen LogP) is 5.00. The van der Waals surface area contributed by atoms with Gasteiger partial charge in [0.05, 0.1) is 9.79 Å². The fourth-order valence-corrected chi connectivity index (χ4v) is 2.83. The molecule has 2 aromatic carbocycles. The number of hydrogen-bond donors (Lipinski definition) is 0. The van der Waals surface area contributed by atoms with Crippen molar-refractivity contribution in [3.8, 4) is 0 Å². The quantitative estimate of drug-likeness (QED) is 0.775. The molecule has 0 amide bonds. The summed E-state index contributed by atoms with van der Waals surface area (Å²) < 4.78 is 24.5. The van der Waals surface area contributed by atoms with E-state index in [9.17, 15) is 13.2 Å². The highest BCUT2D eigenvalue weighted by Crippen LogP contribution is 2.21. The summed E-state index contributed by atoms with van der Waals surface area (Å²) >= 11 is 0. The maximum atomic E-state index is 12.3. The highest BCUT2D eigenvalue weighted by molar-refractivity contribution is 7.91. The van der Waals surface area contributed by atoms with Gasteiger partial charge >= 0.3 is 0 Å². The summed E-state index contributed by atoms with van der Waals surface area (Å²) in [5.74, 6) is 0.167. The minimum atomic E-state index is -3.37. The first-order chi connectivity index (χ1) is 9.73. The van der Waals surface area contributed by atoms with Crippen molar-refractivity contribution in [1.82, 2.24) is 0 Å². The van der Waals surface area contributed by atoms with Crippen molar-refractivity contribution in [3.05, 3.63) is 59.7 Å². The molecule has 23 heavy (non-hydrogen) atoms. The van der Waals surface area contributed by atoms with E-state index >= 15 is 0 Å². The third-order valence-corrected chi connectivity index (χ3v) is 4.45. The van der Waals surface area contributed by atoms with Gasteiger partial charge in [0.2, 0.25) is 9.84 Å². The van der Waals surface area contributed by atoms with Crippen molar-refractivity contribution in [2.75, 3.05) is 0 Å². The summed E-state index contributed by atoms with van der Waals surface area (Å²) in [6.45, 7) is 6.92. The first kappa shape index (κ1) is 23.3. The minimum Gasteiger partial charge on any atom is -0.300 e. The second-order valence-electron chi connectivity index (χ2n) is 5.04. The molecule has 0 heterocycles. The number of carbonyl (C=O) groups is 1. The van der Waals surface area contributed by atoms with E-state index in [1.54, 1.807) is 48.5 Å². The Balaban J connectivity index is 0. The van der Waals surface area contributed by atoms with Crippen LogP contribution in [0.5, 0.6) is 0 Å². The molecule has 2 rings (SSSR count). The molecule has 0 aromatic heterocycles. The van der Waals surface area contributed by atoms with E-state index in [-0.39, 0.29) is 20.6 Å². The molecule has 0 bridgehead atoms. The molecule has 0 unspecified atom stereocenters. The van der Waals surface area contributed by atoms with Crippen LogP contribution < -0.4 is 0 Å². The van der Waals surface area contributed by atoms with Crippen LogP contribution in [0.25, 0.3) is 0 Å². The lowest BCUT2D eigenvalue weighted by atomic mass is 10.2. The lowest BCUT2D eigenvalue weighted by molar-refractivity contribution is -0.114.